The molecule has 0 fully saturated rings. The third kappa shape index (κ3) is 5.78. The van der Waals surface area contributed by atoms with Crippen LogP contribution in [0.4, 0.5) is 0 Å². The van der Waals surface area contributed by atoms with E-state index in [1.54, 1.807) is 0 Å². The lowest BCUT2D eigenvalue weighted by atomic mass is 9.95. The topological polar surface area (TPSA) is 38.0 Å². The molecule has 2 nitrogen and oxygen atoms in total. The predicted octanol–water partition coefficient (Wildman–Crippen LogP) is 2.15. The molecule has 3 atom stereocenters. The second-order valence-corrected chi connectivity index (χ2v) is 4.95. The predicted molar refractivity (Wildman–Crippen MR) is 67.8 cm³/mol. The highest BCUT2D eigenvalue weighted by Gasteiger charge is 2.13. The number of halogens is 1. The van der Waals surface area contributed by atoms with E-state index in [0.717, 1.165) is 13.1 Å². The molecule has 3 N–H and O–H groups in total. The smallest absolute Gasteiger partial charge is 0.0348 e. The number of hydrogen-bond acceptors (Lipinski definition) is 2. The lowest BCUT2D eigenvalue weighted by molar-refractivity contribution is 0.411. The number of hydrogen-bond donors (Lipinski definition) is 2. The van der Waals surface area contributed by atoms with Crippen molar-refractivity contribution in [3.8, 4) is 0 Å². The summed E-state index contributed by atoms with van der Waals surface area (Å²) in [4.78, 5) is 0.426. The molecule has 0 aliphatic rings. The Kier molecular flexibility index (Phi) is 8.53. The highest BCUT2D eigenvalue weighted by atomic mass is 79.9. The van der Waals surface area contributed by atoms with Gasteiger partial charge in [-0.15, -0.1) is 6.58 Å². The van der Waals surface area contributed by atoms with Gasteiger partial charge in [-0.3, -0.25) is 0 Å². The standard InChI is InChI=1S/C11H23BrN2/c1-4-11(12)9(2)5-6-10(7-13)8-14-3/h4,9-11,14H,1,5-8,13H2,2-3H3/t9-,10-,11+/m1/s1. The van der Waals surface area contributed by atoms with Crippen LogP contribution in [0.2, 0.25) is 0 Å². The zero-order valence-corrected chi connectivity index (χ0v) is 10.9. The Balaban J connectivity index is 3.72. The van der Waals surface area contributed by atoms with Crippen LogP contribution in [-0.4, -0.2) is 25.0 Å². The second kappa shape index (κ2) is 8.45. The Bertz CT molecular complexity index is 150. The summed E-state index contributed by atoms with van der Waals surface area (Å²) in [7, 11) is 1.98. The van der Waals surface area contributed by atoms with Gasteiger partial charge >= 0.3 is 0 Å². The molecule has 0 rings (SSSR count). The fraction of sp³-hybridized carbons (Fsp3) is 0.818. The van der Waals surface area contributed by atoms with Gasteiger partial charge in [0.2, 0.25) is 0 Å². The van der Waals surface area contributed by atoms with Crippen LogP contribution in [-0.2, 0) is 0 Å². The van der Waals surface area contributed by atoms with Crippen molar-refractivity contribution in [2.75, 3.05) is 20.1 Å². The van der Waals surface area contributed by atoms with Crippen molar-refractivity contribution in [2.24, 2.45) is 17.6 Å². The lowest BCUT2D eigenvalue weighted by Gasteiger charge is -2.19. The summed E-state index contributed by atoms with van der Waals surface area (Å²) in [6, 6.07) is 0. The Morgan fingerprint density at radius 3 is 2.57 bits per heavy atom. The van der Waals surface area contributed by atoms with Gasteiger partial charge in [-0.05, 0) is 44.8 Å². The summed E-state index contributed by atoms with van der Waals surface area (Å²) in [6.45, 7) is 7.82. The van der Waals surface area contributed by atoms with Crippen LogP contribution in [0.25, 0.3) is 0 Å². The number of rotatable bonds is 8. The zero-order valence-electron chi connectivity index (χ0n) is 9.30. The molecule has 14 heavy (non-hydrogen) atoms. The van der Waals surface area contributed by atoms with Crippen molar-refractivity contribution in [1.82, 2.24) is 5.32 Å². The summed E-state index contributed by atoms with van der Waals surface area (Å²) in [5, 5.41) is 3.17. The molecule has 3 heteroatoms. The van der Waals surface area contributed by atoms with Crippen molar-refractivity contribution in [1.29, 1.82) is 0 Å². The van der Waals surface area contributed by atoms with Gasteiger partial charge in [0.1, 0.15) is 0 Å². The van der Waals surface area contributed by atoms with Gasteiger partial charge in [-0.1, -0.05) is 28.9 Å². The average Bonchev–Trinajstić information content (AvgIpc) is 2.22. The van der Waals surface area contributed by atoms with Gasteiger partial charge in [0.05, 0.1) is 0 Å². The van der Waals surface area contributed by atoms with E-state index in [4.69, 9.17) is 5.73 Å². The number of alkyl halides is 1. The molecule has 0 bridgehead atoms. The molecule has 0 aromatic heterocycles. The van der Waals surface area contributed by atoms with Crippen molar-refractivity contribution in [3.63, 3.8) is 0 Å². The molecule has 0 saturated heterocycles. The van der Waals surface area contributed by atoms with Gasteiger partial charge in [-0.2, -0.15) is 0 Å². The molecule has 0 aliphatic carbocycles. The normalized spacial score (nSPS) is 17.4. The molecule has 0 aromatic carbocycles. The molecule has 0 heterocycles. The first-order chi connectivity index (χ1) is 6.65. The van der Waals surface area contributed by atoms with Crippen LogP contribution in [0.15, 0.2) is 12.7 Å². The molecular weight excluding hydrogens is 240 g/mol. The average molecular weight is 263 g/mol. The molecule has 0 unspecified atom stereocenters. The monoisotopic (exact) mass is 262 g/mol. The van der Waals surface area contributed by atoms with Crippen molar-refractivity contribution in [3.05, 3.63) is 12.7 Å². The quantitative estimate of drug-likeness (QED) is 0.520. The maximum absolute atomic E-state index is 5.68. The zero-order chi connectivity index (χ0) is 11.0. The lowest BCUT2D eigenvalue weighted by Crippen LogP contribution is -2.26. The SMILES string of the molecule is C=C[C@H](Br)[C@H](C)CC[C@H](CN)CNC. The second-order valence-electron chi connectivity index (χ2n) is 3.89. The maximum Gasteiger partial charge on any atom is 0.0348 e. The first kappa shape index (κ1) is 14.1. The summed E-state index contributed by atoms with van der Waals surface area (Å²) in [6.07, 6.45) is 4.35. The van der Waals surface area contributed by atoms with Gasteiger partial charge in [-0.25, -0.2) is 0 Å². The maximum atomic E-state index is 5.68. The van der Waals surface area contributed by atoms with E-state index in [1.807, 2.05) is 13.1 Å². The Morgan fingerprint density at radius 1 is 1.50 bits per heavy atom. The molecule has 0 radical (unpaired) electrons. The highest BCUT2D eigenvalue weighted by Crippen LogP contribution is 2.20. The molecule has 0 aromatic rings. The minimum Gasteiger partial charge on any atom is -0.330 e. The minimum absolute atomic E-state index is 0.426. The highest BCUT2D eigenvalue weighted by molar-refractivity contribution is 9.09. The van der Waals surface area contributed by atoms with E-state index >= 15 is 0 Å². The van der Waals surface area contributed by atoms with Crippen LogP contribution in [0.3, 0.4) is 0 Å². The van der Waals surface area contributed by atoms with Gasteiger partial charge in [0, 0.05) is 4.83 Å². The third-order valence-electron chi connectivity index (χ3n) is 2.63. The van der Waals surface area contributed by atoms with Crippen molar-refractivity contribution in [2.45, 2.75) is 24.6 Å². The van der Waals surface area contributed by atoms with E-state index < -0.39 is 0 Å². The van der Waals surface area contributed by atoms with Crippen molar-refractivity contribution < 1.29 is 0 Å². The fourth-order valence-corrected chi connectivity index (χ4v) is 1.75. The summed E-state index contributed by atoms with van der Waals surface area (Å²) in [5.41, 5.74) is 5.68. The first-order valence-corrected chi connectivity index (χ1v) is 6.18. The molecule has 84 valence electrons. The van der Waals surface area contributed by atoms with E-state index in [-0.39, 0.29) is 0 Å². The first-order valence-electron chi connectivity index (χ1n) is 5.27. The van der Waals surface area contributed by atoms with E-state index in [1.165, 1.54) is 12.8 Å². The van der Waals surface area contributed by atoms with E-state index in [9.17, 15) is 0 Å². The van der Waals surface area contributed by atoms with Crippen molar-refractivity contribution >= 4 is 15.9 Å². The van der Waals surface area contributed by atoms with Crippen LogP contribution >= 0.6 is 15.9 Å². The summed E-state index contributed by atoms with van der Waals surface area (Å²) < 4.78 is 0. The van der Waals surface area contributed by atoms with E-state index in [2.05, 4.69) is 34.7 Å². The van der Waals surface area contributed by atoms with Crippen LogP contribution < -0.4 is 11.1 Å². The molecule has 0 amide bonds. The Hall–Kier alpha value is 0.140. The largest absolute Gasteiger partial charge is 0.330 e. The third-order valence-corrected chi connectivity index (χ3v) is 3.90. The summed E-state index contributed by atoms with van der Waals surface area (Å²) in [5.74, 6) is 1.24. The Labute approximate surface area is 96.5 Å². The van der Waals surface area contributed by atoms with Crippen LogP contribution in [0, 0.1) is 11.8 Å². The number of nitrogens with one attached hydrogen (secondary N) is 1. The van der Waals surface area contributed by atoms with Gasteiger partial charge in [0.25, 0.3) is 0 Å². The molecule has 0 spiro atoms. The van der Waals surface area contributed by atoms with Crippen LogP contribution in [0.1, 0.15) is 19.8 Å². The number of nitrogens with two attached hydrogens (primary N) is 1. The van der Waals surface area contributed by atoms with Gasteiger partial charge in [0.15, 0.2) is 0 Å². The molecule has 0 saturated carbocycles. The van der Waals surface area contributed by atoms with Gasteiger partial charge < -0.3 is 11.1 Å². The molecular formula is C11H23BrN2. The number of allylic oxidation sites excluding steroid dienone is 1. The van der Waals surface area contributed by atoms with E-state index in [0.29, 0.717) is 16.7 Å². The molecule has 0 aliphatic heterocycles. The fourth-order valence-electron chi connectivity index (χ4n) is 1.48. The minimum atomic E-state index is 0.426. The summed E-state index contributed by atoms with van der Waals surface area (Å²) >= 11 is 3.59. The Morgan fingerprint density at radius 2 is 2.14 bits per heavy atom. The van der Waals surface area contributed by atoms with Crippen LogP contribution in [0.5, 0.6) is 0 Å².